The molecule has 0 aliphatic carbocycles. The van der Waals surface area contributed by atoms with Crippen molar-refractivity contribution in [2.75, 3.05) is 7.11 Å². The number of benzene rings is 1. The van der Waals surface area contributed by atoms with Gasteiger partial charge in [0.1, 0.15) is 5.76 Å². The Kier molecular flexibility index (Phi) is 6.13. The number of hydrogen-bond acceptors (Lipinski definition) is 5. The number of carbonyl (C=O) groups is 1. The summed E-state index contributed by atoms with van der Waals surface area (Å²) in [5.74, 6) is 0.472. The third kappa shape index (κ3) is 4.21. The number of hydrogen-bond donors (Lipinski definition) is 1. The summed E-state index contributed by atoms with van der Waals surface area (Å²) >= 11 is 5.79. The zero-order chi connectivity index (χ0) is 24.5. The van der Waals surface area contributed by atoms with E-state index in [0.717, 1.165) is 34.1 Å². The Morgan fingerprint density at radius 2 is 2.00 bits per heavy atom. The van der Waals surface area contributed by atoms with Gasteiger partial charge in [-0.2, -0.15) is 0 Å². The minimum atomic E-state index is -0.361. The molecule has 1 saturated heterocycles. The van der Waals surface area contributed by atoms with Crippen molar-refractivity contribution < 1.29 is 13.9 Å². The van der Waals surface area contributed by atoms with Crippen molar-refractivity contribution in [3.8, 4) is 5.69 Å². The van der Waals surface area contributed by atoms with Gasteiger partial charge >= 0.3 is 5.97 Å². The van der Waals surface area contributed by atoms with Crippen molar-refractivity contribution in [2.24, 2.45) is 0 Å². The summed E-state index contributed by atoms with van der Waals surface area (Å²) in [5, 5.41) is 4.14. The molecule has 3 aromatic heterocycles. The molecule has 0 bridgehead atoms. The number of rotatable bonds is 6. The molecule has 7 nitrogen and oxygen atoms in total. The third-order valence-corrected chi connectivity index (χ3v) is 6.77. The number of carbonyl (C=O) groups excluding carboxylic acids is 1. The van der Waals surface area contributed by atoms with Crippen LogP contribution in [0.25, 0.3) is 5.69 Å². The highest BCUT2D eigenvalue weighted by atomic mass is 32.1. The van der Waals surface area contributed by atoms with E-state index in [1.54, 1.807) is 18.5 Å². The van der Waals surface area contributed by atoms with Crippen molar-refractivity contribution >= 4 is 23.3 Å². The van der Waals surface area contributed by atoms with Crippen molar-refractivity contribution in [3.63, 3.8) is 0 Å². The normalized spacial score (nSPS) is 17.5. The maximum atomic E-state index is 12.1. The molecule has 178 valence electrons. The van der Waals surface area contributed by atoms with E-state index in [0.29, 0.717) is 17.2 Å². The fourth-order valence-electron chi connectivity index (χ4n) is 4.86. The van der Waals surface area contributed by atoms with Crippen LogP contribution < -0.4 is 5.32 Å². The SMILES string of the molecule is COC(=O)c1cccc(-n2c(C)cc([C@H]3[C@H](c4ccccn4)NC(=S)N3Cc3ccco3)c2C)c1. The molecule has 2 atom stereocenters. The lowest BCUT2D eigenvalue weighted by atomic mass is 9.96. The molecule has 0 radical (unpaired) electrons. The summed E-state index contributed by atoms with van der Waals surface area (Å²) in [6, 6.07) is 19.2. The van der Waals surface area contributed by atoms with E-state index in [2.05, 4.69) is 39.7 Å². The molecule has 1 N–H and O–H groups in total. The Morgan fingerprint density at radius 3 is 2.71 bits per heavy atom. The highest BCUT2D eigenvalue weighted by molar-refractivity contribution is 7.80. The number of ether oxygens (including phenoxy) is 1. The van der Waals surface area contributed by atoms with Crippen molar-refractivity contribution in [1.82, 2.24) is 19.8 Å². The van der Waals surface area contributed by atoms with Crippen LogP contribution in [0.3, 0.4) is 0 Å². The monoisotopic (exact) mass is 486 g/mol. The van der Waals surface area contributed by atoms with Crippen LogP contribution in [0.4, 0.5) is 0 Å². The lowest BCUT2D eigenvalue weighted by Crippen LogP contribution is -2.29. The van der Waals surface area contributed by atoms with Crippen LogP contribution in [0, 0.1) is 13.8 Å². The van der Waals surface area contributed by atoms with E-state index in [4.69, 9.17) is 21.4 Å². The van der Waals surface area contributed by atoms with Gasteiger partial charge in [0.05, 0.1) is 43.3 Å². The Labute approximate surface area is 209 Å². The maximum Gasteiger partial charge on any atom is 0.337 e. The Morgan fingerprint density at radius 1 is 1.14 bits per heavy atom. The molecule has 1 aliphatic rings. The minimum absolute atomic E-state index is 0.105. The zero-order valence-electron chi connectivity index (χ0n) is 19.8. The fourth-order valence-corrected chi connectivity index (χ4v) is 5.16. The first-order valence-corrected chi connectivity index (χ1v) is 11.8. The van der Waals surface area contributed by atoms with Crippen molar-refractivity contribution in [3.05, 3.63) is 107 Å². The van der Waals surface area contributed by atoms with Gasteiger partial charge in [-0.1, -0.05) is 12.1 Å². The summed E-state index contributed by atoms with van der Waals surface area (Å²) in [6.45, 7) is 4.69. The molecule has 0 unspecified atom stereocenters. The highest BCUT2D eigenvalue weighted by Crippen LogP contribution is 2.42. The first-order valence-electron chi connectivity index (χ1n) is 11.4. The average molecular weight is 487 g/mol. The van der Waals surface area contributed by atoms with E-state index in [-0.39, 0.29) is 18.1 Å². The molecule has 35 heavy (non-hydrogen) atoms. The van der Waals surface area contributed by atoms with Gasteiger partial charge in [-0.15, -0.1) is 0 Å². The smallest absolute Gasteiger partial charge is 0.337 e. The quantitative estimate of drug-likeness (QED) is 0.302. The number of esters is 1. The summed E-state index contributed by atoms with van der Waals surface area (Å²) in [7, 11) is 1.39. The number of furan rings is 1. The molecule has 0 amide bonds. The van der Waals surface area contributed by atoms with Crippen LogP contribution in [0.5, 0.6) is 0 Å². The lowest BCUT2D eigenvalue weighted by molar-refractivity contribution is 0.0600. The largest absolute Gasteiger partial charge is 0.467 e. The predicted octanol–water partition coefficient (Wildman–Crippen LogP) is 5.04. The molecule has 4 aromatic rings. The third-order valence-electron chi connectivity index (χ3n) is 6.42. The standard InChI is InChI=1S/C27H26N4O3S/c1-17-14-22(18(2)31(17)20-9-6-8-19(15-20)26(32)33-3)25-24(23-11-4-5-12-28-23)29-27(35)30(25)16-21-10-7-13-34-21/h4-15,24-25H,16H2,1-3H3,(H,29,35)/t24-,25-/m0/s1. The number of methoxy groups -OCH3 is 1. The molecule has 1 aromatic carbocycles. The van der Waals surface area contributed by atoms with E-state index < -0.39 is 0 Å². The highest BCUT2D eigenvalue weighted by Gasteiger charge is 2.41. The summed E-state index contributed by atoms with van der Waals surface area (Å²) in [6.07, 6.45) is 3.47. The minimum Gasteiger partial charge on any atom is -0.467 e. The number of thiocarbonyl (C=S) groups is 1. The van der Waals surface area contributed by atoms with E-state index in [1.807, 2.05) is 48.5 Å². The summed E-state index contributed by atoms with van der Waals surface area (Å²) in [4.78, 5) is 18.9. The first kappa shape index (κ1) is 22.9. The zero-order valence-corrected chi connectivity index (χ0v) is 20.6. The number of nitrogens with one attached hydrogen (secondary N) is 1. The molecular formula is C27H26N4O3S. The molecule has 0 spiro atoms. The van der Waals surface area contributed by atoms with Crippen molar-refractivity contribution in [2.45, 2.75) is 32.5 Å². The van der Waals surface area contributed by atoms with Gasteiger partial charge in [0, 0.05) is 23.3 Å². The summed E-state index contributed by atoms with van der Waals surface area (Å²) in [5.41, 5.74) is 5.56. The lowest BCUT2D eigenvalue weighted by Gasteiger charge is -2.27. The number of nitrogens with zero attached hydrogens (tertiary/aromatic N) is 3. The summed E-state index contributed by atoms with van der Waals surface area (Å²) < 4.78 is 12.7. The Bertz CT molecular complexity index is 1360. The molecule has 5 rings (SSSR count). The second-order valence-electron chi connectivity index (χ2n) is 8.54. The van der Waals surface area contributed by atoms with Gasteiger partial charge in [0.25, 0.3) is 0 Å². The van der Waals surface area contributed by atoms with Gasteiger partial charge < -0.3 is 23.9 Å². The number of aromatic nitrogens is 2. The molecule has 1 aliphatic heterocycles. The average Bonchev–Trinajstić information content (AvgIpc) is 3.58. The molecule has 8 heteroatoms. The van der Waals surface area contributed by atoms with E-state index in [9.17, 15) is 4.79 Å². The topological polar surface area (TPSA) is 72.5 Å². The van der Waals surface area contributed by atoms with E-state index >= 15 is 0 Å². The molecular weight excluding hydrogens is 460 g/mol. The second-order valence-corrected chi connectivity index (χ2v) is 8.92. The van der Waals surface area contributed by atoms with Crippen LogP contribution in [-0.2, 0) is 11.3 Å². The Balaban J connectivity index is 1.61. The van der Waals surface area contributed by atoms with E-state index in [1.165, 1.54) is 7.11 Å². The van der Waals surface area contributed by atoms with Gasteiger partial charge in [0.15, 0.2) is 5.11 Å². The van der Waals surface area contributed by atoms with Crippen LogP contribution in [0.15, 0.2) is 77.5 Å². The van der Waals surface area contributed by atoms with Gasteiger partial charge in [0.2, 0.25) is 0 Å². The maximum absolute atomic E-state index is 12.1. The second kappa shape index (κ2) is 9.38. The van der Waals surface area contributed by atoms with Crippen LogP contribution in [-0.4, -0.2) is 32.6 Å². The van der Waals surface area contributed by atoms with Gasteiger partial charge in [-0.3, -0.25) is 4.98 Å². The Hall–Kier alpha value is -3.91. The van der Waals surface area contributed by atoms with Crippen LogP contribution in [0.2, 0.25) is 0 Å². The predicted molar refractivity (Wildman–Crippen MR) is 136 cm³/mol. The van der Waals surface area contributed by atoms with Crippen LogP contribution >= 0.6 is 12.2 Å². The van der Waals surface area contributed by atoms with Crippen LogP contribution in [0.1, 0.15) is 50.8 Å². The number of aryl methyl sites for hydroxylation is 1. The molecule has 0 saturated carbocycles. The first-order chi connectivity index (χ1) is 17.0. The number of pyridine rings is 1. The molecule has 4 heterocycles. The molecule has 1 fully saturated rings. The van der Waals surface area contributed by atoms with Crippen molar-refractivity contribution in [1.29, 1.82) is 0 Å². The van der Waals surface area contributed by atoms with Gasteiger partial charge in [-0.25, -0.2) is 4.79 Å². The fraction of sp³-hybridized carbons (Fsp3) is 0.222. The van der Waals surface area contributed by atoms with Gasteiger partial charge in [-0.05, 0) is 80.2 Å².